The first-order valence-corrected chi connectivity index (χ1v) is 5.70. The van der Waals surface area contributed by atoms with Crippen molar-refractivity contribution in [3.8, 4) is 0 Å². The highest BCUT2D eigenvalue weighted by Gasteiger charge is 2.32. The van der Waals surface area contributed by atoms with Crippen molar-refractivity contribution >= 4 is 5.91 Å². The van der Waals surface area contributed by atoms with Gasteiger partial charge in [-0.15, -0.1) is 0 Å². The van der Waals surface area contributed by atoms with Gasteiger partial charge in [-0.3, -0.25) is 9.78 Å². The number of pyridine rings is 1. The van der Waals surface area contributed by atoms with Crippen molar-refractivity contribution in [2.24, 2.45) is 5.41 Å². The second kappa shape index (κ2) is 3.89. The zero-order chi connectivity index (χ0) is 11.8. The number of aromatic nitrogens is 1. The molecule has 1 aliphatic rings. The molecule has 1 aliphatic heterocycles. The molecule has 0 N–H and O–H groups in total. The average molecular weight is 218 g/mol. The summed E-state index contributed by atoms with van der Waals surface area (Å²) in [6, 6.07) is 3.74. The number of hydrogen-bond acceptors (Lipinski definition) is 2. The molecule has 0 atom stereocenters. The standard InChI is InChI=1S/C13H18N2O/c1-10-4-5-11(8-14-10)12(16)15-7-6-13(2,3)9-15/h4-5,8H,6-7,9H2,1-3H3. The van der Waals surface area contributed by atoms with Crippen LogP contribution in [0.3, 0.4) is 0 Å². The number of nitrogens with zero attached hydrogens (tertiary/aromatic N) is 2. The molecule has 1 amide bonds. The minimum absolute atomic E-state index is 0.109. The number of rotatable bonds is 1. The molecule has 2 rings (SSSR count). The van der Waals surface area contributed by atoms with E-state index < -0.39 is 0 Å². The van der Waals surface area contributed by atoms with Crippen LogP contribution in [0.5, 0.6) is 0 Å². The molecule has 0 radical (unpaired) electrons. The van der Waals surface area contributed by atoms with E-state index in [0.29, 0.717) is 5.56 Å². The third kappa shape index (κ3) is 2.23. The fraction of sp³-hybridized carbons (Fsp3) is 0.538. The Balaban J connectivity index is 2.12. The van der Waals surface area contributed by atoms with Gasteiger partial charge >= 0.3 is 0 Å². The first kappa shape index (κ1) is 11.1. The molecule has 0 saturated carbocycles. The van der Waals surface area contributed by atoms with Crippen molar-refractivity contribution in [2.45, 2.75) is 27.2 Å². The minimum Gasteiger partial charge on any atom is -0.338 e. The van der Waals surface area contributed by atoms with Crippen LogP contribution in [0.1, 0.15) is 36.3 Å². The van der Waals surface area contributed by atoms with Gasteiger partial charge in [0.2, 0.25) is 0 Å². The van der Waals surface area contributed by atoms with Gasteiger partial charge in [-0.05, 0) is 30.9 Å². The van der Waals surface area contributed by atoms with Crippen molar-refractivity contribution in [3.63, 3.8) is 0 Å². The zero-order valence-electron chi connectivity index (χ0n) is 10.2. The Morgan fingerprint density at radius 2 is 2.19 bits per heavy atom. The zero-order valence-corrected chi connectivity index (χ0v) is 10.2. The number of carbonyl (C=O) groups excluding carboxylic acids is 1. The van der Waals surface area contributed by atoms with Crippen LogP contribution in [0.15, 0.2) is 18.3 Å². The summed E-state index contributed by atoms with van der Waals surface area (Å²) in [4.78, 5) is 18.2. The summed E-state index contributed by atoms with van der Waals surface area (Å²) in [5.41, 5.74) is 1.90. The van der Waals surface area contributed by atoms with Crippen LogP contribution in [0, 0.1) is 12.3 Å². The van der Waals surface area contributed by atoms with Crippen LogP contribution in [0.2, 0.25) is 0 Å². The lowest BCUT2D eigenvalue weighted by molar-refractivity contribution is 0.0778. The molecule has 0 aromatic carbocycles. The van der Waals surface area contributed by atoms with Crippen LogP contribution in [0.4, 0.5) is 0 Å². The molecule has 1 fully saturated rings. The third-order valence-electron chi connectivity index (χ3n) is 3.12. The van der Waals surface area contributed by atoms with Crippen LogP contribution in [0.25, 0.3) is 0 Å². The van der Waals surface area contributed by atoms with Crippen LogP contribution in [-0.2, 0) is 0 Å². The van der Waals surface area contributed by atoms with Crippen LogP contribution >= 0.6 is 0 Å². The lowest BCUT2D eigenvalue weighted by atomic mass is 9.93. The molecule has 0 spiro atoms. The molecule has 1 saturated heterocycles. The van der Waals surface area contributed by atoms with Gasteiger partial charge < -0.3 is 4.90 Å². The number of aryl methyl sites for hydroxylation is 1. The Kier molecular flexibility index (Phi) is 2.70. The maximum atomic E-state index is 12.1. The van der Waals surface area contributed by atoms with Crippen molar-refractivity contribution < 1.29 is 4.79 Å². The Morgan fingerprint density at radius 3 is 2.69 bits per heavy atom. The number of hydrogen-bond donors (Lipinski definition) is 0. The largest absolute Gasteiger partial charge is 0.338 e. The van der Waals surface area contributed by atoms with E-state index in [1.807, 2.05) is 24.0 Å². The highest BCUT2D eigenvalue weighted by atomic mass is 16.2. The predicted molar refractivity (Wildman–Crippen MR) is 63.3 cm³/mol. The second-order valence-electron chi connectivity index (χ2n) is 5.33. The fourth-order valence-electron chi connectivity index (χ4n) is 2.06. The fourth-order valence-corrected chi connectivity index (χ4v) is 2.06. The molecule has 0 bridgehead atoms. The Bertz CT molecular complexity index is 395. The van der Waals surface area contributed by atoms with Crippen LogP contribution in [-0.4, -0.2) is 28.9 Å². The predicted octanol–water partition coefficient (Wildman–Crippen LogP) is 2.26. The van der Waals surface area contributed by atoms with Crippen LogP contribution < -0.4 is 0 Å². The minimum atomic E-state index is 0.109. The van der Waals surface area contributed by atoms with Crippen molar-refractivity contribution in [3.05, 3.63) is 29.6 Å². The van der Waals surface area contributed by atoms with Crippen molar-refractivity contribution in [2.75, 3.05) is 13.1 Å². The maximum Gasteiger partial charge on any atom is 0.255 e. The lowest BCUT2D eigenvalue weighted by Gasteiger charge is -2.19. The quantitative estimate of drug-likeness (QED) is 0.724. The summed E-state index contributed by atoms with van der Waals surface area (Å²) >= 11 is 0. The third-order valence-corrected chi connectivity index (χ3v) is 3.12. The first-order chi connectivity index (χ1) is 7.48. The second-order valence-corrected chi connectivity index (χ2v) is 5.33. The topological polar surface area (TPSA) is 33.2 Å². The highest BCUT2D eigenvalue weighted by molar-refractivity contribution is 5.94. The number of likely N-dealkylation sites (tertiary alicyclic amines) is 1. The van der Waals surface area contributed by atoms with E-state index in [2.05, 4.69) is 18.8 Å². The summed E-state index contributed by atoms with van der Waals surface area (Å²) in [5.74, 6) is 0.109. The summed E-state index contributed by atoms with van der Waals surface area (Å²) in [7, 11) is 0. The van der Waals surface area contributed by atoms with Crippen molar-refractivity contribution in [1.29, 1.82) is 0 Å². The molecule has 1 aromatic rings. The Morgan fingerprint density at radius 1 is 1.44 bits per heavy atom. The summed E-state index contributed by atoms with van der Waals surface area (Å²) < 4.78 is 0. The lowest BCUT2D eigenvalue weighted by Crippen LogP contribution is -2.30. The molecule has 3 nitrogen and oxygen atoms in total. The maximum absolute atomic E-state index is 12.1. The first-order valence-electron chi connectivity index (χ1n) is 5.70. The summed E-state index contributed by atoms with van der Waals surface area (Å²) in [5, 5.41) is 0. The van der Waals surface area contributed by atoms with Crippen molar-refractivity contribution in [1.82, 2.24) is 9.88 Å². The van der Waals surface area contributed by atoms with E-state index in [-0.39, 0.29) is 11.3 Å². The van der Waals surface area contributed by atoms with E-state index in [4.69, 9.17) is 0 Å². The normalized spacial score (nSPS) is 18.8. The van der Waals surface area contributed by atoms with Gasteiger partial charge in [-0.1, -0.05) is 13.8 Å². The molecule has 16 heavy (non-hydrogen) atoms. The molecule has 3 heteroatoms. The smallest absolute Gasteiger partial charge is 0.255 e. The Hall–Kier alpha value is -1.38. The van der Waals surface area contributed by atoms with Gasteiger partial charge in [-0.2, -0.15) is 0 Å². The van der Waals surface area contributed by atoms with Gasteiger partial charge in [-0.25, -0.2) is 0 Å². The van der Waals surface area contributed by atoms with Gasteiger partial charge in [0.25, 0.3) is 5.91 Å². The van der Waals surface area contributed by atoms with E-state index in [1.165, 1.54) is 0 Å². The summed E-state index contributed by atoms with van der Waals surface area (Å²) in [6.07, 6.45) is 2.75. The van der Waals surface area contributed by atoms with Gasteiger partial charge in [0.1, 0.15) is 0 Å². The summed E-state index contributed by atoms with van der Waals surface area (Å²) in [6.45, 7) is 8.04. The highest BCUT2D eigenvalue weighted by Crippen LogP contribution is 2.29. The average Bonchev–Trinajstić information content (AvgIpc) is 2.59. The molecule has 0 unspecified atom stereocenters. The molecule has 0 aliphatic carbocycles. The van der Waals surface area contributed by atoms with E-state index in [1.54, 1.807) is 6.20 Å². The van der Waals surface area contributed by atoms with E-state index in [9.17, 15) is 4.79 Å². The SMILES string of the molecule is Cc1ccc(C(=O)N2CCC(C)(C)C2)cn1. The monoisotopic (exact) mass is 218 g/mol. The van der Waals surface area contributed by atoms with E-state index in [0.717, 1.165) is 25.2 Å². The molecule has 1 aromatic heterocycles. The molecule has 86 valence electrons. The van der Waals surface area contributed by atoms with Gasteiger partial charge in [0, 0.05) is 25.0 Å². The number of carbonyl (C=O) groups is 1. The molecule has 2 heterocycles. The van der Waals surface area contributed by atoms with E-state index >= 15 is 0 Å². The molecular weight excluding hydrogens is 200 g/mol. The van der Waals surface area contributed by atoms with Gasteiger partial charge in [0.15, 0.2) is 0 Å². The molecular formula is C13H18N2O. The Labute approximate surface area is 96.5 Å². The van der Waals surface area contributed by atoms with Gasteiger partial charge in [0.05, 0.1) is 5.56 Å². The number of amides is 1.